The third-order valence-corrected chi connectivity index (χ3v) is 5.40. The monoisotopic (exact) mass is 415 g/mol. The van der Waals surface area contributed by atoms with E-state index in [2.05, 4.69) is 10.6 Å². The number of phenolic OH excluding ortho intramolecular Hbond substituents is 1. The summed E-state index contributed by atoms with van der Waals surface area (Å²) in [5, 5.41) is 14.6. The predicted molar refractivity (Wildman–Crippen MR) is 116 cm³/mol. The highest BCUT2D eigenvalue weighted by atomic mass is 16.3. The Morgan fingerprint density at radius 1 is 1.10 bits per heavy atom. The van der Waals surface area contributed by atoms with Crippen molar-refractivity contribution in [2.45, 2.75) is 63.8 Å². The second-order valence-corrected chi connectivity index (χ2v) is 7.93. The van der Waals surface area contributed by atoms with Crippen LogP contribution in [0.3, 0.4) is 0 Å². The molecule has 7 heteroatoms. The van der Waals surface area contributed by atoms with Crippen molar-refractivity contribution in [1.29, 1.82) is 0 Å². The van der Waals surface area contributed by atoms with E-state index in [1.807, 2.05) is 6.08 Å². The van der Waals surface area contributed by atoms with Crippen LogP contribution in [0.1, 0.15) is 56.9 Å². The Balaban J connectivity index is 1.80. The zero-order valence-corrected chi connectivity index (χ0v) is 17.4. The number of amides is 3. The molecule has 1 aliphatic carbocycles. The fraction of sp³-hybridized carbons (Fsp3) is 0.522. The van der Waals surface area contributed by atoms with E-state index < -0.39 is 23.8 Å². The van der Waals surface area contributed by atoms with Gasteiger partial charge in [-0.25, -0.2) is 0 Å². The van der Waals surface area contributed by atoms with E-state index >= 15 is 0 Å². The Bertz CT molecular complexity index is 722. The molecule has 0 heterocycles. The van der Waals surface area contributed by atoms with Gasteiger partial charge in [-0.3, -0.25) is 14.4 Å². The first-order valence-corrected chi connectivity index (χ1v) is 10.7. The summed E-state index contributed by atoms with van der Waals surface area (Å²) < 4.78 is 0. The van der Waals surface area contributed by atoms with Crippen LogP contribution < -0.4 is 16.4 Å². The predicted octanol–water partition coefficient (Wildman–Crippen LogP) is 2.33. The summed E-state index contributed by atoms with van der Waals surface area (Å²) in [7, 11) is 0. The minimum absolute atomic E-state index is 0.180. The fourth-order valence-electron chi connectivity index (χ4n) is 3.71. The smallest absolute Gasteiger partial charge is 0.244 e. The highest BCUT2D eigenvalue weighted by Gasteiger charge is 2.22. The molecule has 0 saturated heterocycles. The first-order valence-electron chi connectivity index (χ1n) is 10.7. The fourth-order valence-corrected chi connectivity index (χ4v) is 3.71. The van der Waals surface area contributed by atoms with Crippen LogP contribution >= 0.6 is 0 Å². The molecule has 1 unspecified atom stereocenters. The van der Waals surface area contributed by atoms with Gasteiger partial charge in [-0.2, -0.15) is 0 Å². The maximum absolute atomic E-state index is 12.4. The Morgan fingerprint density at radius 3 is 2.40 bits per heavy atom. The second-order valence-electron chi connectivity index (χ2n) is 7.93. The quantitative estimate of drug-likeness (QED) is 0.346. The van der Waals surface area contributed by atoms with E-state index in [0.29, 0.717) is 18.9 Å². The molecule has 1 aromatic carbocycles. The highest BCUT2D eigenvalue weighted by Crippen LogP contribution is 2.25. The lowest BCUT2D eigenvalue weighted by Crippen LogP contribution is -2.48. The van der Waals surface area contributed by atoms with Crippen LogP contribution in [0.5, 0.6) is 5.75 Å². The molecular weight excluding hydrogens is 382 g/mol. The number of hydrogen-bond acceptors (Lipinski definition) is 4. The van der Waals surface area contributed by atoms with Gasteiger partial charge in [0.15, 0.2) is 0 Å². The molecule has 0 radical (unpaired) electrons. The van der Waals surface area contributed by atoms with Crippen molar-refractivity contribution >= 4 is 17.7 Å². The van der Waals surface area contributed by atoms with Gasteiger partial charge in [0.2, 0.25) is 17.7 Å². The summed E-state index contributed by atoms with van der Waals surface area (Å²) in [6, 6.07) is 5.69. The number of hydrogen-bond donors (Lipinski definition) is 4. The molecule has 164 valence electrons. The van der Waals surface area contributed by atoms with Crippen molar-refractivity contribution in [1.82, 2.24) is 10.6 Å². The van der Waals surface area contributed by atoms with Gasteiger partial charge in [-0.1, -0.05) is 56.7 Å². The molecule has 0 spiro atoms. The molecule has 1 atom stereocenters. The molecular formula is C23H33N3O4. The average Bonchev–Trinajstić information content (AvgIpc) is 2.97. The van der Waals surface area contributed by atoms with Crippen LogP contribution in [-0.2, 0) is 20.8 Å². The first kappa shape index (κ1) is 23.4. The Morgan fingerprint density at radius 2 is 1.77 bits per heavy atom. The number of phenols is 1. The summed E-state index contributed by atoms with van der Waals surface area (Å²) in [6.07, 6.45) is 11.9. The van der Waals surface area contributed by atoms with Gasteiger partial charge in [0.1, 0.15) is 11.8 Å². The van der Waals surface area contributed by atoms with E-state index in [1.165, 1.54) is 44.6 Å². The lowest BCUT2D eigenvalue weighted by atomic mass is 9.96. The summed E-state index contributed by atoms with van der Waals surface area (Å²) in [6.45, 7) is 0.340. The molecule has 0 bridgehead atoms. The van der Waals surface area contributed by atoms with Gasteiger partial charge in [-0.05, 0) is 42.5 Å². The molecule has 7 nitrogen and oxygen atoms in total. The van der Waals surface area contributed by atoms with Crippen molar-refractivity contribution in [3.05, 3.63) is 42.0 Å². The average molecular weight is 416 g/mol. The summed E-state index contributed by atoms with van der Waals surface area (Å²) >= 11 is 0. The molecule has 1 saturated carbocycles. The normalized spacial score (nSPS) is 16.0. The third-order valence-electron chi connectivity index (χ3n) is 5.40. The highest BCUT2D eigenvalue weighted by molar-refractivity contribution is 5.95. The van der Waals surface area contributed by atoms with E-state index in [-0.39, 0.29) is 12.2 Å². The number of nitrogens with one attached hydrogen (secondary N) is 2. The molecule has 0 aliphatic heterocycles. The van der Waals surface area contributed by atoms with Gasteiger partial charge in [0.05, 0.1) is 6.42 Å². The molecule has 3 amide bonds. The number of benzene rings is 1. The SMILES string of the molecule is NC(=O)CC(NC(=O)C=CCC1CCCCCC1)C(=O)NCCc1ccc(O)cc1. The van der Waals surface area contributed by atoms with Gasteiger partial charge >= 0.3 is 0 Å². The minimum atomic E-state index is -1.00. The van der Waals surface area contributed by atoms with Crippen LogP contribution in [0.2, 0.25) is 0 Å². The number of carbonyl (C=O) groups is 3. The van der Waals surface area contributed by atoms with Crippen molar-refractivity contribution in [2.75, 3.05) is 6.54 Å². The molecule has 30 heavy (non-hydrogen) atoms. The zero-order chi connectivity index (χ0) is 21.8. The number of rotatable bonds is 10. The Labute approximate surface area is 178 Å². The molecule has 1 aliphatic rings. The van der Waals surface area contributed by atoms with Crippen LogP contribution in [0, 0.1) is 5.92 Å². The molecule has 5 N–H and O–H groups in total. The van der Waals surface area contributed by atoms with E-state index in [1.54, 1.807) is 24.3 Å². The van der Waals surface area contributed by atoms with Crippen LogP contribution in [0.15, 0.2) is 36.4 Å². The molecule has 0 aromatic heterocycles. The summed E-state index contributed by atoms with van der Waals surface area (Å²) in [4.78, 5) is 36.0. The van der Waals surface area contributed by atoms with E-state index in [0.717, 1.165) is 12.0 Å². The van der Waals surface area contributed by atoms with Crippen molar-refractivity contribution in [3.63, 3.8) is 0 Å². The Hall–Kier alpha value is -2.83. The lowest BCUT2D eigenvalue weighted by Gasteiger charge is -2.16. The number of allylic oxidation sites excluding steroid dienone is 1. The van der Waals surface area contributed by atoms with E-state index in [9.17, 15) is 19.5 Å². The van der Waals surface area contributed by atoms with Crippen molar-refractivity contribution in [3.8, 4) is 5.75 Å². The van der Waals surface area contributed by atoms with Gasteiger partial charge in [-0.15, -0.1) is 0 Å². The van der Waals surface area contributed by atoms with Gasteiger partial charge < -0.3 is 21.5 Å². The van der Waals surface area contributed by atoms with Gasteiger partial charge in [0.25, 0.3) is 0 Å². The third kappa shape index (κ3) is 9.11. The minimum Gasteiger partial charge on any atom is -0.508 e. The van der Waals surface area contributed by atoms with Crippen LogP contribution in [0.4, 0.5) is 0 Å². The zero-order valence-electron chi connectivity index (χ0n) is 17.4. The molecule has 1 aromatic rings. The first-order chi connectivity index (χ1) is 14.4. The second kappa shape index (κ2) is 12.7. The maximum atomic E-state index is 12.4. The van der Waals surface area contributed by atoms with Crippen LogP contribution in [0.25, 0.3) is 0 Å². The molecule has 2 rings (SSSR count). The van der Waals surface area contributed by atoms with Crippen LogP contribution in [-0.4, -0.2) is 35.4 Å². The standard InChI is InChI=1S/C23H33N3O4/c24-21(28)16-20(23(30)25-15-14-18-10-12-19(27)13-11-18)26-22(29)9-5-8-17-6-3-1-2-4-7-17/h5,9-13,17,20,27H,1-4,6-8,14-16H2,(H2,24,28)(H,25,30)(H,26,29). The topological polar surface area (TPSA) is 122 Å². The maximum Gasteiger partial charge on any atom is 0.244 e. The number of primary amides is 1. The van der Waals surface area contributed by atoms with Crippen molar-refractivity contribution < 1.29 is 19.5 Å². The summed E-state index contributed by atoms with van der Waals surface area (Å²) in [5.41, 5.74) is 6.19. The van der Waals surface area contributed by atoms with Gasteiger partial charge in [0, 0.05) is 6.54 Å². The molecule has 1 fully saturated rings. The lowest BCUT2D eigenvalue weighted by molar-refractivity contribution is -0.129. The summed E-state index contributed by atoms with van der Waals surface area (Å²) in [5.74, 6) is -0.710. The van der Waals surface area contributed by atoms with Crippen molar-refractivity contribution in [2.24, 2.45) is 11.7 Å². The number of carbonyl (C=O) groups excluding carboxylic acids is 3. The number of nitrogens with two attached hydrogens (primary N) is 1. The largest absolute Gasteiger partial charge is 0.508 e. The Kier molecular flexibility index (Phi) is 9.91. The number of aromatic hydroxyl groups is 1. The van der Waals surface area contributed by atoms with E-state index in [4.69, 9.17) is 5.73 Å².